The number of hydrogen-bond acceptors (Lipinski definition) is 4. The normalized spacial score (nSPS) is 10.1. The standard InChI is InChI=1S/C11H7NO4S/c13-11(14)7-3-4-8(9(6-7)12(15)16)10-2-1-5-17-10/h1-6H,(H,13,14). The fraction of sp³-hybridized carbons (Fsp3) is 0. The summed E-state index contributed by atoms with van der Waals surface area (Å²) in [5.41, 5.74) is 0.166. The minimum atomic E-state index is -1.18. The molecule has 5 nitrogen and oxygen atoms in total. The number of hydrogen-bond donors (Lipinski definition) is 1. The molecule has 2 rings (SSSR count). The summed E-state index contributed by atoms with van der Waals surface area (Å²) >= 11 is 1.37. The lowest BCUT2D eigenvalue weighted by atomic mass is 10.1. The first-order chi connectivity index (χ1) is 8.09. The predicted octanol–water partition coefficient (Wildman–Crippen LogP) is 3.02. The van der Waals surface area contributed by atoms with E-state index in [0.717, 1.165) is 10.9 Å². The predicted molar refractivity (Wildman–Crippen MR) is 63.4 cm³/mol. The summed E-state index contributed by atoms with van der Waals surface area (Å²) < 4.78 is 0. The molecule has 0 bridgehead atoms. The van der Waals surface area contributed by atoms with Crippen LogP contribution >= 0.6 is 11.3 Å². The van der Waals surface area contributed by atoms with E-state index in [1.165, 1.54) is 23.5 Å². The van der Waals surface area contributed by atoms with Gasteiger partial charge in [-0.25, -0.2) is 4.79 Å². The Bertz CT molecular complexity index is 577. The van der Waals surface area contributed by atoms with E-state index in [1.54, 1.807) is 12.1 Å². The molecular weight excluding hydrogens is 242 g/mol. The summed E-state index contributed by atoms with van der Waals surface area (Å²) in [5, 5.41) is 21.5. The number of aromatic carboxylic acids is 1. The molecule has 0 aliphatic rings. The van der Waals surface area contributed by atoms with Crippen molar-refractivity contribution in [2.24, 2.45) is 0 Å². The number of nitrogens with zero attached hydrogens (tertiary/aromatic N) is 1. The number of rotatable bonds is 3. The maximum Gasteiger partial charge on any atom is 0.335 e. The van der Waals surface area contributed by atoms with Crippen LogP contribution in [0, 0.1) is 10.1 Å². The SMILES string of the molecule is O=C(O)c1ccc(-c2cccs2)c([N+](=O)[O-])c1. The van der Waals surface area contributed by atoms with Gasteiger partial charge in [-0.2, -0.15) is 0 Å². The number of carboxylic acid groups (broad SMARTS) is 1. The molecule has 0 spiro atoms. The van der Waals surface area contributed by atoms with E-state index in [0.29, 0.717) is 5.56 Å². The van der Waals surface area contributed by atoms with Crippen molar-refractivity contribution in [3.8, 4) is 10.4 Å². The van der Waals surface area contributed by atoms with Crippen molar-refractivity contribution in [2.45, 2.75) is 0 Å². The molecule has 17 heavy (non-hydrogen) atoms. The zero-order valence-corrected chi connectivity index (χ0v) is 9.31. The van der Waals surface area contributed by atoms with Gasteiger partial charge in [0.2, 0.25) is 0 Å². The quantitative estimate of drug-likeness (QED) is 0.669. The first-order valence-corrected chi connectivity index (χ1v) is 5.53. The number of carbonyl (C=O) groups is 1. The molecule has 0 aliphatic carbocycles. The highest BCUT2D eigenvalue weighted by Crippen LogP contribution is 2.33. The summed E-state index contributed by atoms with van der Waals surface area (Å²) in [7, 11) is 0. The molecule has 0 fully saturated rings. The Morgan fingerprint density at radius 3 is 2.65 bits per heavy atom. The second-order valence-corrected chi connectivity index (χ2v) is 4.22. The lowest BCUT2D eigenvalue weighted by Crippen LogP contribution is -1.99. The monoisotopic (exact) mass is 249 g/mol. The Kier molecular flexibility index (Phi) is 2.88. The molecule has 0 saturated heterocycles. The Hall–Kier alpha value is -2.21. The van der Waals surface area contributed by atoms with Crippen LogP contribution in [-0.4, -0.2) is 16.0 Å². The Morgan fingerprint density at radius 1 is 1.35 bits per heavy atom. The number of carboxylic acids is 1. The lowest BCUT2D eigenvalue weighted by Gasteiger charge is -2.01. The van der Waals surface area contributed by atoms with Crippen LogP contribution in [0.2, 0.25) is 0 Å². The molecule has 0 saturated carbocycles. The Balaban J connectivity index is 2.61. The minimum absolute atomic E-state index is 0.0861. The topological polar surface area (TPSA) is 80.4 Å². The fourth-order valence-electron chi connectivity index (χ4n) is 1.46. The highest BCUT2D eigenvalue weighted by molar-refractivity contribution is 7.13. The Labute approximate surface area is 100 Å². The first-order valence-electron chi connectivity index (χ1n) is 4.65. The zero-order chi connectivity index (χ0) is 12.4. The van der Waals surface area contributed by atoms with Crippen molar-refractivity contribution in [2.75, 3.05) is 0 Å². The van der Waals surface area contributed by atoms with E-state index in [-0.39, 0.29) is 11.3 Å². The van der Waals surface area contributed by atoms with E-state index in [9.17, 15) is 14.9 Å². The van der Waals surface area contributed by atoms with Gasteiger partial charge in [0.15, 0.2) is 0 Å². The van der Waals surface area contributed by atoms with Crippen molar-refractivity contribution in [1.82, 2.24) is 0 Å². The van der Waals surface area contributed by atoms with Crippen LogP contribution in [0.25, 0.3) is 10.4 Å². The van der Waals surface area contributed by atoms with Crippen LogP contribution < -0.4 is 0 Å². The summed E-state index contributed by atoms with van der Waals surface area (Å²) in [6.07, 6.45) is 0. The second-order valence-electron chi connectivity index (χ2n) is 3.27. The maximum atomic E-state index is 10.9. The molecule has 6 heteroatoms. The largest absolute Gasteiger partial charge is 0.478 e. The van der Waals surface area contributed by atoms with Gasteiger partial charge >= 0.3 is 5.97 Å². The number of nitro benzene ring substituents is 1. The van der Waals surface area contributed by atoms with Gasteiger partial charge in [-0.3, -0.25) is 10.1 Å². The van der Waals surface area contributed by atoms with Crippen molar-refractivity contribution >= 4 is 23.0 Å². The third-order valence-corrected chi connectivity index (χ3v) is 3.13. The van der Waals surface area contributed by atoms with Crippen molar-refractivity contribution in [1.29, 1.82) is 0 Å². The van der Waals surface area contributed by atoms with Gasteiger partial charge in [0, 0.05) is 10.9 Å². The molecule has 0 aliphatic heterocycles. The lowest BCUT2D eigenvalue weighted by molar-refractivity contribution is -0.384. The molecule has 0 atom stereocenters. The van der Waals surface area contributed by atoms with Crippen molar-refractivity contribution in [3.63, 3.8) is 0 Å². The van der Waals surface area contributed by atoms with Crippen LogP contribution in [0.5, 0.6) is 0 Å². The molecule has 2 aromatic rings. The Morgan fingerprint density at radius 2 is 2.12 bits per heavy atom. The molecular formula is C11H7NO4S. The van der Waals surface area contributed by atoms with E-state index in [1.807, 2.05) is 5.38 Å². The number of thiophene rings is 1. The summed E-state index contributed by atoms with van der Waals surface area (Å²) in [4.78, 5) is 21.8. The van der Waals surface area contributed by atoms with Gasteiger partial charge in [-0.05, 0) is 23.6 Å². The fourth-order valence-corrected chi connectivity index (χ4v) is 2.22. The average molecular weight is 249 g/mol. The molecule has 0 amide bonds. The van der Waals surface area contributed by atoms with Crippen molar-refractivity contribution in [3.05, 3.63) is 51.4 Å². The highest BCUT2D eigenvalue weighted by Gasteiger charge is 2.18. The van der Waals surface area contributed by atoms with E-state index < -0.39 is 10.9 Å². The third kappa shape index (κ3) is 2.16. The van der Waals surface area contributed by atoms with Gasteiger partial charge in [0.25, 0.3) is 5.69 Å². The highest BCUT2D eigenvalue weighted by atomic mass is 32.1. The van der Waals surface area contributed by atoms with E-state index >= 15 is 0 Å². The maximum absolute atomic E-state index is 10.9. The first kappa shape index (κ1) is 11.3. The van der Waals surface area contributed by atoms with Gasteiger partial charge in [-0.15, -0.1) is 11.3 Å². The molecule has 86 valence electrons. The number of nitro groups is 1. The third-order valence-electron chi connectivity index (χ3n) is 2.23. The minimum Gasteiger partial charge on any atom is -0.478 e. The van der Waals surface area contributed by atoms with Gasteiger partial charge in [0.1, 0.15) is 0 Å². The van der Waals surface area contributed by atoms with Gasteiger partial charge in [0.05, 0.1) is 16.1 Å². The van der Waals surface area contributed by atoms with E-state index in [4.69, 9.17) is 5.11 Å². The summed E-state index contributed by atoms with van der Waals surface area (Å²) in [5.74, 6) is -1.18. The molecule has 1 aromatic carbocycles. The van der Waals surface area contributed by atoms with Crippen LogP contribution in [0.4, 0.5) is 5.69 Å². The second kappa shape index (κ2) is 4.34. The number of benzene rings is 1. The molecule has 0 unspecified atom stereocenters. The summed E-state index contributed by atoms with van der Waals surface area (Å²) in [6.45, 7) is 0. The molecule has 1 N–H and O–H groups in total. The summed E-state index contributed by atoms with van der Waals surface area (Å²) in [6, 6.07) is 7.46. The van der Waals surface area contributed by atoms with Gasteiger partial charge < -0.3 is 5.11 Å². The molecule has 0 radical (unpaired) electrons. The molecule has 1 aromatic heterocycles. The molecule has 1 heterocycles. The van der Waals surface area contributed by atoms with Crippen LogP contribution in [0.1, 0.15) is 10.4 Å². The van der Waals surface area contributed by atoms with Crippen LogP contribution in [0.15, 0.2) is 35.7 Å². The van der Waals surface area contributed by atoms with Gasteiger partial charge in [-0.1, -0.05) is 6.07 Å². The van der Waals surface area contributed by atoms with Crippen LogP contribution in [-0.2, 0) is 0 Å². The average Bonchev–Trinajstić information content (AvgIpc) is 2.81. The van der Waals surface area contributed by atoms with E-state index in [2.05, 4.69) is 0 Å². The zero-order valence-electron chi connectivity index (χ0n) is 8.49. The van der Waals surface area contributed by atoms with Crippen LogP contribution in [0.3, 0.4) is 0 Å². The van der Waals surface area contributed by atoms with Crippen molar-refractivity contribution < 1.29 is 14.8 Å². The smallest absolute Gasteiger partial charge is 0.335 e.